The zero-order valence-corrected chi connectivity index (χ0v) is 20.3. The minimum atomic E-state index is -4.00. The summed E-state index contributed by atoms with van der Waals surface area (Å²) in [4.78, 5) is 24.2. The third-order valence-corrected chi connectivity index (χ3v) is 6.20. The molecule has 0 radical (unpaired) electrons. The van der Waals surface area contributed by atoms with Crippen molar-refractivity contribution in [2.45, 2.75) is 20.0 Å². The molecule has 0 N–H and O–H groups in total. The molecule has 7 nitrogen and oxygen atoms in total. The van der Waals surface area contributed by atoms with Gasteiger partial charge in [-0.05, 0) is 43.7 Å². The van der Waals surface area contributed by atoms with Crippen LogP contribution in [0.3, 0.4) is 0 Å². The van der Waals surface area contributed by atoms with Crippen LogP contribution in [0.4, 0.5) is 0 Å². The Bertz CT molecular complexity index is 1220. The largest absolute Gasteiger partial charge is 0.435 e. The fraction of sp³-hybridized carbons (Fsp3) is 0.111. The summed E-state index contributed by atoms with van der Waals surface area (Å²) in [5, 5.41) is 0. The van der Waals surface area contributed by atoms with Crippen LogP contribution in [-0.4, -0.2) is 11.9 Å². The first-order chi connectivity index (χ1) is 16.7. The Kier molecular flexibility index (Phi) is 8.29. The first-order valence-electron chi connectivity index (χ1n) is 10.6. The fourth-order valence-corrected chi connectivity index (χ4v) is 4.51. The number of ether oxygens (including phenoxy) is 2. The Morgan fingerprint density at radius 3 is 1.43 bits per heavy atom. The van der Waals surface area contributed by atoms with Gasteiger partial charge in [0.25, 0.3) is 0 Å². The van der Waals surface area contributed by atoms with Crippen molar-refractivity contribution in [1.82, 2.24) is 0 Å². The molecule has 0 saturated carbocycles. The normalized spacial score (nSPS) is 10.7. The summed E-state index contributed by atoms with van der Waals surface area (Å²) in [5.74, 6) is -1.12. The Labute approximate surface area is 204 Å². The number of hydrogen-bond donors (Lipinski definition) is 0. The number of benzene rings is 3. The minimum absolute atomic E-state index is 0.0396. The first-order valence-corrected chi connectivity index (χ1v) is 12.4. The molecule has 0 aliphatic carbocycles. The Morgan fingerprint density at radius 2 is 1.03 bits per heavy atom. The van der Waals surface area contributed by atoms with E-state index in [1.807, 2.05) is 6.07 Å². The second kappa shape index (κ2) is 11.4. The van der Waals surface area contributed by atoms with E-state index >= 15 is 0 Å². The van der Waals surface area contributed by atoms with E-state index in [1.54, 1.807) is 48.5 Å². The molecule has 0 atom stereocenters. The van der Waals surface area contributed by atoms with Crippen LogP contribution in [0.2, 0.25) is 0 Å². The molecule has 0 amide bonds. The van der Waals surface area contributed by atoms with Crippen molar-refractivity contribution < 1.29 is 32.7 Å². The smallest absolute Gasteiger partial charge is 0.419 e. The third kappa shape index (κ3) is 7.19. The molecule has 0 aliphatic heterocycles. The second-order valence-electron chi connectivity index (χ2n) is 7.67. The van der Waals surface area contributed by atoms with Gasteiger partial charge in [0, 0.05) is 11.1 Å². The topological polar surface area (TPSA) is 88.1 Å². The molecule has 0 aromatic heterocycles. The highest BCUT2D eigenvalue weighted by atomic mass is 31.2. The van der Waals surface area contributed by atoms with E-state index in [1.165, 1.54) is 38.1 Å². The highest BCUT2D eigenvalue weighted by Crippen LogP contribution is 2.54. The maximum Gasteiger partial charge on any atom is 0.435 e. The van der Waals surface area contributed by atoms with Crippen LogP contribution in [0.1, 0.15) is 19.4 Å². The lowest BCUT2D eigenvalue weighted by Crippen LogP contribution is -2.11. The molecule has 0 heterocycles. The predicted molar refractivity (Wildman–Crippen MR) is 133 cm³/mol. The van der Waals surface area contributed by atoms with Crippen molar-refractivity contribution in [3.63, 3.8) is 0 Å². The average molecular weight is 492 g/mol. The quantitative estimate of drug-likeness (QED) is 0.138. The minimum Gasteiger partial charge on any atom is -0.419 e. The number of hydrogen-bond acceptors (Lipinski definition) is 7. The molecule has 0 bridgehead atoms. The van der Waals surface area contributed by atoms with Gasteiger partial charge in [0.2, 0.25) is 0 Å². The van der Waals surface area contributed by atoms with E-state index in [-0.39, 0.29) is 40.3 Å². The number of carbonyl (C=O) groups excluding carboxylic acids is 2. The molecule has 3 rings (SSSR count). The third-order valence-electron chi connectivity index (χ3n) is 4.49. The van der Waals surface area contributed by atoms with Crippen LogP contribution in [0.5, 0.6) is 23.0 Å². The molecular formula is C27H25O7P. The van der Waals surface area contributed by atoms with Gasteiger partial charge in [-0.1, -0.05) is 67.8 Å². The highest BCUT2D eigenvalue weighted by molar-refractivity contribution is 7.53. The molecule has 0 aliphatic rings. The Morgan fingerprint density at radius 1 is 0.657 bits per heavy atom. The standard InChI is InChI=1S/C27H25O7P/c1-19(2)26(28)31-22-14-8-10-16-24(22)33-35(30,18-21-12-6-5-7-13-21)34-25-17-11-9-15-23(25)32-27(29)20(3)4/h5-17H,1,3,18H2,2,4H3. The van der Waals surface area contributed by atoms with E-state index in [4.69, 9.17) is 18.5 Å². The maximum atomic E-state index is 14.1. The lowest BCUT2D eigenvalue weighted by atomic mass is 10.2. The molecule has 35 heavy (non-hydrogen) atoms. The van der Waals surface area contributed by atoms with Crippen molar-refractivity contribution in [1.29, 1.82) is 0 Å². The molecule has 0 saturated heterocycles. The molecule has 3 aromatic rings. The summed E-state index contributed by atoms with van der Waals surface area (Å²) < 4.78 is 36.6. The van der Waals surface area contributed by atoms with E-state index < -0.39 is 19.5 Å². The van der Waals surface area contributed by atoms with Crippen molar-refractivity contribution in [3.05, 3.63) is 109 Å². The van der Waals surface area contributed by atoms with E-state index in [2.05, 4.69) is 13.2 Å². The van der Waals surface area contributed by atoms with Gasteiger partial charge in [0.15, 0.2) is 23.0 Å². The van der Waals surface area contributed by atoms with Gasteiger partial charge < -0.3 is 18.5 Å². The molecule has 180 valence electrons. The van der Waals surface area contributed by atoms with Crippen LogP contribution in [0, 0.1) is 0 Å². The highest BCUT2D eigenvalue weighted by Gasteiger charge is 2.32. The first kappa shape index (κ1) is 25.5. The summed E-state index contributed by atoms with van der Waals surface area (Å²) in [7, 11) is -4.00. The van der Waals surface area contributed by atoms with Gasteiger partial charge in [-0.2, -0.15) is 0 Å². The average Bonchev–Trinajstić information content (AvgIpc) is 2.82. The van der Waals surface area contributed by atoms with E-state index in [0.29, 0.717) is 5.56 Å². The number of carbonyl (C=O) groups is 2. The van der Waals surface area contributed by atoms with Gasteiger partial charge in [0.05, 0.1) is 6.16 Å². The van der Waals surface area contributed by atoms with Crippen molar-refractivity contribution >= 4 is 19.5 Å². The zero-order valence-electron chi connectivity index (χ0n) is 19.4. The number of esters is 2. The van der Waals surface area contributed by atoms with Crippen LogP contribution in [-0.2, 0) is 20.3 Å². The van der Waals surface area contributed by atoms with Crippen LogP contribution in [0.25, 0.3) is 0 Å². The molecular weight excluding hydrogens is 467 g/mol. The maximum absolute atomic E-state index is 14.1. The van der Waals surface area contributed by atoms with Gasteiger partial charge in [-0.15, -0.1) is 0 Å². The lowest BCUT2D eigenvalue weighted by molar-refractivity contribution is -0.131. The fourth-order valence-electron chi connectivity index (χ4n) is 2.78. The van der Waals surface area contributed by atoms with Gasteiger partial charge in [-0.3, -0.25) is 0 Å². The SMILES string of the molecule is C=C(C)C(=O)Oc1ccccc1OP(=O)(Cc1ccccc1)Oc1ccccc1OC(=O)C(=C)C. The van der Waals surface area contributed by atoms with Crippen LogP contribution in [0.15, 0.2) is 103 Å². The van der Waals surface area contributed by atoms with Gasteiger partial charge in [0.1, 0.15) is 0 Å². The number of rotatable bonds is 10. The van der Waals surface area contributed by atoms with Crippen LogP contribution < -0.4 is 18.5 Å². The van der Waals surface area contributed by atoms with E-state index in [9.17, 15) is 14.2 Å². The molecule has 0 unspecified atom stereocenters. The predicted octanol–water partition coefficient (Wildman–Crippen LogP) is 6.50. The molecule has 0 spiro atoms. The molecule has 8 heteroatoms. The summed E-state index contributed by atoms with van der Waals surface area (Å²) in [6.07, 6.45) is -0.112. The monoisotopic (exact) mass is 492 g/mol. The van der Waals surface area contributed by atoms with E-state index in [0.717, 1.165) is 0 Å². The van der Waals surface area contributed by atoms with Gasteiger partial charge >= 0.3 is 19.5 Å². The second-order valence-corrected chi connectivity index (χ2v) is 9.57. The Balaban J connectivity index is 1.98. The summed E-state index contributed by atoms with van der Waals surface area (Å²) >= 11 is 0. The van der Waals surface area contributed by atoms with Crippen molar-refractivity contribution in [2.24, 2.45) is 0 Å². The zero-order chi connectivity index (χ0) is 25.4. The van der Waals surface area contributed by atoms with Crippen LogP contribution >= 0.6 is 7.60 Å². The summed E-state index contributed by atoms with van der Waals surface area (Å²) in [6.45, 7) is 10.2. The van der Waals surface area contributed by atoms with Crippen molar-refractivity contribution in [3.8, 4) is 23.0 Å². The molecule has 3 aromatic carbocycles. The lowest BCUT2D eigenvalue weighted by Gasteiger charge is -2.22. The summed E-state index contributed by atoms with van der Waals surface area (Å²) in [5.41, 5.74) is 1.07. The Hall–Kier alpha value is -4.09. The van der Waals surface area contributed by atoms with Crippen molar-refractivity contribution in [2.75, 3.05) is 0 Å². The molecule has 0 fully saturated rings. The number of para-hydroxylation sites is 4. The van der Waals surface area contributed by atoms with Gasteiger partial charge in [-0.25, -0.2) is 14.2 Å². The summed E-state index contributed by atoms with van der Waals surface area (Å²) in [6, 6.07) is 21.6.